The van der Waals surface area contributed by atoms with Gasteiger partial charge in [-0.2, -0.15) is 0 Å². The molecule has 0 rings (SSSR count). The van der Waals surface area contributed by atoms with E-state index >= 15 is 0 Å². The number of halogens is 5. The molecule has 0 heterocycles. The molecular formula is CHF5OSb. The minimum atomic E-state index is -7.02. The van der Waals surface area contributed by atoms with Gasteiger partial charge in [-0.1, -0.05) is 0 Å². The standard InChI is InChI=1S/CHF2O.3FH.Sb/c2-1(3)4;;;;/h1H;3*1H;/q-1;;;;+4/p-3. The SMILES string of the molecule is FC(F)[O][Sb]([F])([F])[F]. The molecule has 0 aliphatic rings. The summed E-state index contributed by atoms with van der Waals surface area (Å²) in [5.41, 5.74) is 0. The van der Waals surface area contributed by atoms with Crippen LogP contribution in [0.3, 0.4) is 0 Å². The van der Waals surface area contributed by atoms with Crippen molar-refractivity contribution in [3.05, 3.63) is 0 Å². The molecule has 0 spiro atoms. The van der Waals surface area contributed by atoms with E-state index in [0.29, 0.717) is 0 Å². The van der Waals surface area contributed by atoms with Crippen LogP contribution in [-0.2, 0) is 3.02 Å². The zero-order valence-corrected chi connectivity index (χ0v) is 5.88. The van der Waals surface area contributed by atoms with Gasteiger partial charge in [0.1, 0.15) is 0 Å². The van der Waals surface area contributed by atoms with E-state index in [9.17, 15) is 17.2 Å². The molecule has 0 fully saturated rings. The van der Waals surface area contributed by atoms with E-state index < -0.39 is 27.6 Å². The maximum atomic E-state index is 10.8. The van der Waals surface area contributed by atoms with Crippen LogP contribution in [0.1, 0.15) is 0 Å². The van der Waals surface area contributed by atoms with Crippen molar-refractivity contribution in [1.82, 2.24) is 0 Å². The van der Waals surface area contributed by atoms with Gasteiger partial charge in [-0.15, -0.1) is 0 Å². The minimum absolute atomic E-state index is 2.30. The Balaban J connectivity index is 3.39. The summed E-state index contributed by atoms with van der Waals surface area (Å²) in [6.45, 7) is -3.69. The van der Waals surface area contributed by atoms with Gasteiger partial charge in [-0.25, -0.2) is 0 Å². The summed E-state index contributed by atoms with van der Waals surface area (Å²) in [6, 6.07) is 0. The van der Waals surface area contributed by atoms with Crippen LogP contribution in [-0.4, -0.2) is 27.6 Å². The Morgan fingerprint density at radius 3 is 1.50 bits per heavy atom. The predicted molar refractivity (Wildman–Crippen MR) is 16.2 cm³/mol. The normalized spacial score (nSPS) is 12.8. The molecule has 0 atom stereocenters. The first-order valence-corrected chi connectivity index (χ1v) is 5.30. The third kappa shape index (κ3) is 6.43. The van der Waals surface area contributed by atoms with Crippen LogP contribution in [0.4, 0.5) is 17.2 Å². The number of alkyl halides is 2. The van der Waals surface area contributed by atoms with Crippen LogP contribution in [0.25, 0.3) is 0 Å². The summed E-state index contributed by atoms with van der Waals surface area (Å²) < 4.78 is 56.0. The van der Waals surface area contributed by atoms with Crippen LogP contribution in [0.2, 0.25) is 0 Å². The first kappa shape index (κ1) is 8.43. The van der Waals surface area contributed by atoms with E-state index in [4.69, 9.17) is 0 Å². The van der Waals surface area contributed by atoms with Crippen LogP contribution in [0.5, 0.6) is 0 Å². The molecule has 1 radical (unpaired) electrons. The molecule has 0 aromatic rings. The molecule has 0 aliphatic carbocycles. The van der Waals surface area contributed by atoms with Gasteiger partial charge in [0.05, 0.1) is 0 Å². The summed E-state index contributed by atoms with van der Waals surface area (Å²) in [6.07, 6.45) is 0. The quantitative estimate of drug-likeness (QED) is 0.530. The molecule has 0 saturated heterocycles. The van der Waals surface area contributed by atoms with Gasteiger partial charge in [0.2, 0.25) is 0 Å². The predicted octanol–water partition coefficient (Wildman–Crippen LogP) is 1.57. The van der Waals surface area contributed by atoms with Crippen molar-refractivity contribution in [2.75, 3.05) is 0 Å². The Morgan fingerprint density at radius 1 is 1.12 bits per heavy atom. The Labute approximate surface area is 48.4 Å². The molecule has 0 bridgehead atoms. The second-order valence-electron chi connectivity index (χ2n) is 0.765. The molecule has 0 aromatic carbocycles. The number of hydrogen-bond acceptors (Lipinski definition) is 1. The summed E-state index contributed by atoms with van der Waals surface area (Å²) in [5, 5.41) is 0. The molecule has 0 amide bonds. The number of rotatable bonds is 2. The molecule has 0 aliphatic heterocycles. The van der Waals surface area contributed by atoms with Crippen molar-refractivity contribution >= 4 is 21.0 Å². The fourth-order valence-corrected chi connectivity index (χ4v) is 0.606. The first-order valence-electron chi connectivity index (χ1n) is 1.36. The molecular weight excluding hydrogens is 245 g/mol. The van der Waals surface area contributed by atoms with Gasteiger partial charge in [0.25, 0.3) is 0 Å². The molecule has 0 N–H and O–H groups in total. The summed E-state index contributed by atoms with van der Waals surface area (Å²) in [5.74, 6) is 0. The van der Waals surface area contributed by atoms with E-state index in [0.717, 1.165) is 0 Å². The topological polar surface area (TPSA) is 9.23 Å². The van der Waals surface area contributed by atoms with Crippen molar-refractivity contribution < 1.29 is 20.2 Å². The average molecular weight is 246 g/mol. The van der Waals surface area contributed by atoms with Gasteiger partial charge < -0.3 is 0 Å². The Kier molecular flexibility index (Phi) is 2.97. The van der Waals surface area contributed by atoms with E-state index in [1.807, 2.05) is 0 Å². The Morgan fingerprint density at radius 2 is 1.50 bits per heavy atom. The average Bonchev–Trinajstić information content (AvgIpc) is 1.21. The molecule has 51 valence electrons. The molecule has 1 nitrogen and oxygen atoms in total. The van der Waals surface area contributed by atoms with Gasteiger partial charge in [0.15, 0.2) is 0 Å². The van der Waals surface area contributed by atoms with Crippen LogP contribution < -0.4 is 0 Å². The van der Waals surface area contributed by atoms with Crippen molar-refractivity contribution in [3.63, 3.8) is 0 Å². The van der Waals surface area contributed by atoms with Gasteiger partial charge in [-0.05, 0) is 0 Å². The molecule has 7 heteroatoms. The summed E-state index contributed by atoms with van der Waals surface area (Å²) >= 11 is -7.02. The van der Waals surface area contributed by atoms with E-state index in [-0.39, 0.29) is 0 Å². The van der Waals surface area contributed by atoms with E-state index in [1.54, 1.807) is 0 Å². The van der Waals surface area contributed by atoms with E-state index in [2.05, 4.69) is 3.02 Å². The van der Waals surface area contributed by atoms with Crippen LogP contribution in [0.15, 0.2) is 0 Å². The van der Waals surface area contributed by atoms with Crippen molar-refractivity contribution in [3.8, 4) is 0 Å². The van der Waals surface area contributed by atoms with Gasteiger partial charge in [-0.3, -0.25) is 0 Å². The van der Waals surface area contributed by atoms with Gasteiger partial charge in [0, 0.05) is 0 Å². The Hall–Kier alpha value is 0.428. The molecule has 0 unspecified atom stereocenters. The molecule has 0 aromatic heterocycles. The summed E-state index contributed by atoms with van der Waals surface area (Å²) in [4.78, 5) is 0. The van der Waals surface area contributed by atoms with Crippen LogP contribution >= 0.6 is 0 Å². The van der Waals surface area contributed by atoms with Gasteiger partial charge >= 0.3 is 47.8 Å². The second-order valence-corrected chi connectivity index (χ2v) is 3.64. The Bertz CT molecular complexity index is 67.3. The first-order chi connectivity index (χ1) is 3.42. The molecule has 0 saturated carbocycles. The van der Waals surface area contributed by atoms with Crippen molar-refractivity contribution in [2.24, 2.45) is 0 Å². The van der Waals surface area contributed by atoms with Crippen molar-refractivity contribution in [2.45, 2.75) is 6.61 Å². The maximum absolute atomic E-state index is 10.8. The monoisotopic (exact) mass is 245 g/mol. The van der Waals surface area contributed by atoms with Crippen LogP contribution in [0, 0.1) is 0 Å². The fourth-order valence-electron chi connectivity index (χ4n) is 0.0904. The third-order valence-corrected chi connectivity index (χ3v) is 1.34. The molecule has 8 heavy (non-hydrogen) atoms. The van der Waals surface area contributed by atoms with Crippen molar-refractivity contribution in [1.29, 1.82) is 0 Å². The second kappa shape index (κ2) is 2.82. The third-order valence-electron chi connectivity index (χ3n) is 0.199. The summed E-state index contributed by atoms with van der Waals surface area (Å²) in [7, 11) is 0. The zero-order valence-electron chi connectivity index (χ0n) is 3.32. The fraction of sp³-hybridized carbons (Fsp3) is 1.00. The zero-order chi connectivity index (χ0) is 6.78. The number of hydrogen-bond donors (Lipinski definition) is 0. The van der Waals surface area contributed by atoms with E-state index in [1.165, 1.54) is 0 Å².